The summed E-state index contributed by atoms with van der Waals surface area (Å²) in [5.74, 6) is 0.340. The third kappa shape index (κ3) is 3.03. The maximum Gasteiger partial charge on any atom is 0.222 e. The quantitative estimate of drug-likeness (QED) is 0.942. The Hall–Kier alpha value is -2.17. The number of hydrogen-bond donors (Lipinski definition) is 1. The van der Waals surface area contributed by atoms with Crippen molar-refractivity contribution in [1.82, 2.24) is 15.1 Å². The molecular formula is C17H21N3O2. The van der Waals surface area contributed by atoms with Gasteiger partial charge < -0.3 is 4.90 Å². The second-order valence-electron chi connectivity index (χ2n) is 6.01. The van der Waals surface area contributed by atoms with E-state index >= 15 is 0 Å². The van der Waals surface area contributed by atoms with E-state index in [4.69, 9.17) is 0 Å². The van der Waals surface area contributed by atoms with E-state index in [1.54, 1.807) is 6.92 Å². The predicted molar refractivity (Wildman–Crippen MR) is 84.4 cm³/mol. The Morgan fingerprint density at radius 1 is 1.36 bits per heavy atom. The van der Waals surface area contributed by atoms with Crippen LogP contribution >= 0.6 is 0 Å². The van der Waals surface area contributed by atoms with E-state index in [0.29, 0.717) is 19.4 Å². The van der Waals surface area contributed by atoms with Gasteiger partial charge in [0.2, 0.25) is 5.91 Å². The van der Waals surface area contributed by atoms with Crippen LogP contribution < -0.4 is 0 Å². The van der Waals surface area contributed by atoms with Crippen LogP contribution in [0, 0.1) is 5.92 Å². The smallest absolute Gasteiger partial charge is 0.222 e. The van der Waals surface area contributed by atoms with Gasteiger partial charge in [-0.15, -0.1) is 0 Å². The summed E-state index contributed by atoms with van der Waals surface area (Å²) >= 11 is 0. The number of H-pyrrole nitrogens is 1. The molecule has 0 bridgehead atoms. The van der Waals surface area contributed by atoms with Crippen LogP contribution in [-0.2, 0) is 16.0 Å². The Balaban J connectivity index is 1.61. The minimum atomic E-state index is 0.0192. The Morgan fingerprint density at radius 2 is 2.18 bits per heavy atom. The summed E-state index contributed by atoms with van der Waals surface area (Å²) in [6, 6.07) is 7.91. The van der Waals surface area contributed by atoms with Crippen molar-refractivity contribution in [2.24, 2.45) is 5.92 Å². The number of aryl methyl sites for hydroxylation is 1. The van der Waals surface area contributed by atoms with Gasteiger partial charge in [-0.3, -0.25) is 14.7 Å². The normalized spacial score (nSPS) is 18.6. The van der Waals surface area contributed by atoms with Crippen molar-refractivity contribution in [1.29, 1.82) is 0 Å². The van der Waals surface area contributed by atoms with E-state index in [2.05, 4.69) is 10.2 Å². The van der Waals surface area contributed by atoms with Crippen LogP contribution in [0.15, 0.2) is 24.3 Å². The van der Waals surface area contributed by atoms with Crippen LogP contribution in [0.4, 0.5) is 0 Å². The third-order valence-electron chi connectivity index (χ3n) is 4.48. The van der Waals surface area contributed by atoms with Crippen molar-refractivity contribution in [2.75, 3.05) is 13.1 Å². The number of rotatable bonds is 4. The average Bonchev–Trinajstić information content (AvgIpc) is 2.96. The molecule has 0 radical (unpaired) electrons. The van der Waals surface area contributed by atoms with Gasteiger partial charge in [-0.25, -0.2) is 0 Å². The molecule has 1 fully saturated rings. The summed E-state index contributed by atoms with van der Waals surface area (Å²) in [6.45, 7) is 2.97. The summed E-state index contributed by atoms with van der Waals surface area (Å²) in [4.78, 5) is 25.7. The number of para-hydroxylation sites is 1. The van der Waals surface area contributed by atoms with Crippen molar-refractivity contribution >= 4 is 22.6 Å². The summed E-state index contributed by atoms with van der Waals surface area (Å²) < 4.78 is 0. The summed E-state index contributed by atoms with van der Waals surface area (Å²) in [6.07, 6.45) is 2.94. The van der Waals surface area contributed by atoms with Crippen molar-refractivity contribution in [2.45, 2.75) is 32.6 Å². The lowest BCUT2D eigenvalue weighted by molar-refractivity contribution is -0.134. The number of ketones is 1. The number of aromatic amines is 1. The summed E-state index contributed by atoms with van der Waals surface area (Å²) in [5.41, 5.74) is 1.93. The van der Waals surface area contributed by atoms with E-state index in [0.717, 1.165) is 36.0 Å². The molecule has 5 nitrogen and oxygen atoms in total. The van der Waals surface area contributed by atoms with Gasteiger partial charge >= 0.3 is 0 Å². The maximum atomic E-state index is 12.4. The van der Waals surface area contributed by atoms with Gasteiger partial charge in [-0.2, -0.15) is 5.10 Å². The van der Waals surface area contributed by atoms with Crippen LogP contribution in [0.5, 0.6) is 0 Å². The van der Waals surface area contributed by atoms with Crippen LogP contribution in [0.1, 0.15) is 31.9 Å². The Morgan fingerprint density at radius 3 is 3.00 bits per heavy atom. The highest BCUT2D eigenvalue weighted by molar-refractivity contribution is 5.83. The molecule has 1 aromatic carbocycles. The number of aromatic nitrogens is 2. The van der Waals surface area contributed by atoms with Crippen LogP contribution in [-0.4, -0.2) is 39.9 Å². The third-order valence-corrected chi connectivity index (χ3v) is 4.48. The minimum Gasteiger partial charge on any atom is -0.342 e. The number of hydrogen-bond acceptors (Lipinski definition) is 3. The topological polar surface area (TPSA) is 66.1 Å². The van der Waals surface area contributed by atoms with Crippen molar-refractivity contribution in [3.05, 3.63) is 30.0 Å². The first-order valence-electron chi connectivity index (χ1n) is 7.85. The number of carbonyl (C=O) groups is 2. The van der Waals surface area contributed by atoms with Gasteiger partial charge in [0.15, 0.2) is 0 Å². The van der Waals surface area contributed by atoms with Crippen LogP contribution in [0.25, 0.3) is 10.9 Å². The Labute approximate surface area is 129 Å². The number of nitrogens with zero attached hydrogens (tertiary/aromatic N) is 2. The number of nitrogens with one attached hydrogen (secondary N) is 1. The highest BCUT2D eigenvalue weighted by Crippen LogP contribution is 2.20. The highest BCUT2D eigenvalue weighted by Gasteiger charge is 2.26. The lowest BCUT2D eigenvalue weighted by Gasteiger charge is -2.31. The molecule has 1 aliphatic rings. The van der Waals surface area contributed by atoms with Gasteiger partial charge in [0.25, 0.3) is 0 Å². The zero-order valence-electron chi connectivity index (χ0n) is 12.8. The molecule has 5 heteroatoms. The molecule has 1 saturated heterocycles. The number of Topliss-reactive ketones (excluding diaryl/α,β-unsaturated/α-hetero) is 1. The number of likely N-dealkylation sites (tertiary alicyclic amines) is 1. The molecule has 1 amide bonds. The molecule has 3 rings (SSSR count). The zero-order chi connectivity index (χ0) is 15.5. The van der Waals surface area contributed by atoms with Gasteiger partial charge in [0.05, 0.1) is 5.52 Å². The molecule has 2 heterocycles. The standard InChI is InChI=1S/C17H21N3O2/c1-12(21)13-5-4-10-20(11-13)17(22)9-8-16-14-6-2-3-7-15(14)18-19-16/h2-3,6-7,13H,4-5,8-11H2,1H3,(H,18,19). The molecule has 1 aliphatic heterocycles. The van der Waals surface area contributed by atoms with Crippen molar-refractivity contribution < 1.29 is 9.59 Å². The van der Waals surface area contributed by atoms with Gasteiger partial charge in [-0.1, -0.05) is 18.2 Å². The molecule has 0 saturated carbocycles. The van der Waals surface area contributed by atoms with E-state index in [9.17, 15) is 9.59 Å². The second-order valence-corrected chi connectivity index (χ2v) is 6.01. The van der Waals surface area contributed by atoms with E-state index in [1.807, 2.05) is 29.2 Å². The second kappa shape index (κ2) is 6.30. The fraction of sp³-hybridized carbons (Fsp3) is 0.471. The zero-order valence-corrected chi connectivity index (χ0v) is 12.8. The van der Waals surface area contributed by atoms with E-state index < -0.39 is 0 Å². The number of fused-ring (bicyclic) bond motifs is 1. The fourth-order valence-electron chi connectivity index (χ4n) is 3.13. The highest BCUT2D eigenvalue weighted by atomic mass is 16.2. The maximum absolute atomic E-state index is 12.4. The molecular weight excluding hydrogens is 278 g/mol. The largest absolute Gasteiger partial charge is 0.342 e. The number of benzene rings is 1. The summed E-state index contributed by atoms with van der Waals surface area (Å²) in [7, 11) is 0. The number of amides is 1. The molecule has 1 N–H and O–H groups in total. The Kier molecular flexibility index (Phi) is 4.22. The first-order chi connectivity index (χ1) is 10.6. The van der Waals surface area contributed by atoms with Crippen molar-refractivity contribution in [3.8, 4) is 0 Å². The van der Waals surface area contributed by atoms with Gasteiger partial charge in [-0.05, 0) is 32.3 Å². The molecule has 1 unspecified atom stereocenters. The number of carbonyl (C=O) groups excluding carboxylic acids is 2. The molecule has 1 atom stereocenters. The molecule has 0 aliphatic carbocycles. The molecule has 1 aromatic heterocycles. The van der Waals surface area contributed by atoms with E-state index in [1.165, 1.54) is 0 Å². The van der Waals surface area contributed by atoms with E-state index in [-0.39, 0.29) is 17.6 Å². The number of piperidine rings is 1. The monoisotopic (exact) mass is 299 g/mol. The van der Waals surface area contributed by atoms with Gasteiger partial charge in [0.1, 0.15) is 5.78 Å². The lowest BCUT2D eigenvalue weighted by Crippen LogP contribution is -2.41. The minimum absolute atomic E-state index is 0.0192. The summed E-state index contributed by atoms with van der Waals surface area (Å²) in [5, 5.41) is 8.35. The first-order valence-corrected chi connectivity index (χ1v) is 7.85. The molecule has 22 heavy (non-hydrogen) atoms. The molecule has 0 spiro atoms. The SMILES string of the molecule is CC(=O)C1CCCN(C(=O)CCc2[nH]nc3ccccc23)C1. The van der Waals surface area contributed by atoms with Crippen LogP contribution in [0.3, 0.4) is 0 Å². The Bertz CT molecular complexity index is 692. The first kappa shape index (κ1) is 14.8. The predicted octanol–water partition coefficient (Wildman–Crippen LogP) is 2.32. The molecule has 2 aromatic rings. The molecule has 116 valence electrons. The van der Waals surface area contributed by atoms with Crippen molar-refractivity contribution in [3.63, 3.8) is 0 Å². The van der Waals surface area contributed by atoms with Crippen LogP contribution in [0.2, 0.25) is 0 Å². The van der Waals surface area contributed by atoms with Gasteiger partial charge in [0, 0.05) is 36.5 Å². The average molecular weight is 299 g/mol. The lowest BCUT2D eigenvalue weighted by atomic mass is 9.94. The fourth-order valence-corrected chi connectivity index (χ4v) is 3.13.